The lowest BCUT2D eigenvalue weighted by atomic mass is 10.0. The van der Waals surface area contributed by atoms with Crippen molar-refractivity contribution in [2.24, 2.45) is 5.92 Å². The van der Waals surface area contributed by atoms with Crippen LogP contribution in [0.25, 0.3) is 11.3 Å². The Bertz CT molecular complexity index is 960. The highest BCUT2D eigenvalue weighted by Crippen LogP contribution is 2.26. The number of benzene rings is 1. The minimum Gasteiger partial charge on any atom is -0.508 e. The summed E-state index contributed by atoms with van der Waals surface area (Å²) in [7, 11) is 0. The van der Waals surface area contributed by atoms with Crippen molar-refractivity contribution in [3.63, 3.8) is 0 Å². The maximum Gasteiger partial charge on any atom is 0.253 e. The van der Waals surface area contributed by atoms with Gasteiger partial charge in [-0.3, -0.25) is 14.8 Å². The van der Waals surface area contributed by atoms with E-state index in [0.29, 0.717) is 18.0 Å². The third-order valence-corrected chi connectivity index (χ3v) is 5.18. The zero-order chi connectivity index (χ0) is 19.7. The number of rotatable bonds is 4. The van der Waals surface area contributed by atoms with E-state index in [1.54, 1.807) is 24.5 Å². The Morgan fingerprint density at radius 3 is 2.64 bits per heavy atom. The van der Waals surface area contributed by atoms with Crippen molar-refractivity contribution >= 4 is 5.91 Å². The van der Waals surface area contributed by atoms with Crippen molar-refractivity contribution < 1.29 is 14.4 Å². The number of aromatic hydroxyl groups is 1. The molecule has 1 aliphatic heterocycles. The van der Waals surface area contributed by atoms with Crippen LogP contribution in [0, 0.1) is 19.8 Å². The van der Waals surface area contributed by atoms with Gasteiger partial charge in [0.05, 0.1) is 28.8 Å². The highest BCUT2D eigenvalue weighted by molar-refractivity contribution is 5.94. The quantitative estimate of drug-likeness (QED) is 0.750. The predicted molar refractivity (Wildman–Crippen MR) is 103 cm³/mol. The second-order valence-corrected chi connectivity index (χ2v) is 7.25. The summed E-state index contributed by atoms with van der Waals surface area (Å²) in [5.74, 6) is 1.26. The van der Waals surface area contributed by atoms with Crippen LogP contribution in [0.2, 0.25) is 0 Å². The lowest BCUT2D eigenvalue weighted by Gasteiger charge is -2.16. The lowest BCUT2D eigenvalue weighted by Crippen LogP contribution is -2.28. The first kappa shape index (κ1) is 18.2. The average molecular weight is 378 g/mol. The van der Waals surface area contributed by atoms with Gasteiger partial charge in [-0.2, -0.15) is 0 Å². The van der Waals surface area contributed by atoms with E-state index in [0.717, 1.165) is 47.8 Å². The number of hydrogen-bond donors (Lipinski definition) is 1. The first-order valence-electron chi connectivity index (χ1n) is 9.33. The molecule has 0 bridgehead atoms. The Kier molecular flexibility index (Phi) is 4.81. The summed E-state index contributed by atoms with van der Waals surface area (Å²) < 4.78 is 5.20. The van der Waals surface area contributed by atoms with Crippen molar-refractivity contribution in [3.8, 4) is 17.0 Å². The minimum absolute atomic E-state index is 0.00217. The molecule has 1 unspecified atom stereocenters. The molecule has 1 amide bonds. The molecule has 1 aliphatic rings. The Labute approximate surface area is 163 Å². The first-order chi connectivity index (χ1) is 13.5. The molecule has 0 spiro atoms. The molecule has 7 heteroatoms. The molecular formula is C21H22N4O3. The number of amides is 1. The first-order valence-corrected chi connectivity index (χ1v) is 9.33. The van der Waals surface area contributed by atoms with Gasteiger partial charge in [-0.25, -0.2) is 0 Å². The number of hydrogen-bond acceptors (Lipinski definition) is 6. The zero-order valence-corrected chi connectivity index (χ0v) is 15.9. The van der Waals surface area contributed by atoms with Gasteiger partial charge in [0.15, 0.2) is 0 Å². The largest absolute Gasteiger partial charge is 0.508 e. The Morgan fingerprint density at radius 2 is 2.00 bits per heavy atom. The average Bonchev–Trinajstić information content (AvgIpc) is 3.29. The molecule has 1 N–H and O–H groups in total. The van der Waals surface area contributed by atoms with Crippen molar-refractivity contribution in [3.05, 3.63) is 59.4 Å². The normalized spacial score (nSPS) is 16.5. The molecule has 4 rings (SSSR count). The highest BCUT2D eigenvalue weighted by atomic mass is 16.5. The van der Waals surface area contributed by atoms with E-state index in [2.05, 4.69) is 15.1 Å². The third-order valence-electron chi connectivity index (χ3n) is 5.18. The fourth-order valence-corrected chi connectivity index (χ4v) is 3.70. The van der Waals surface area contributed by atoms with Crippen LogP contribution in [0.4, 0.5) is 0 Å². The van der Waals surface area contributed by atoms with Crippen LogP contribution in [0.1, 0.15) is 33.9 Å². The Balaban J connectivity index is 1.39. The van der Waals surface area contributed by atoms with Crippen LogP contribution in [0.5, 0.6) is 5.75 Å². The SMILES string of the molecule is Cc1noc(C)c1-c1cnc(CC2CCN(C(=O)c3ccc(O)cc3)C2)cn1. The van der Waals surface area contributed by atoms with Gasteiger partial charge in [-0.05, 0) is 56.9 Å². The van der Waals surface area contributed by atoms with Crippen LogP contribution in [-0.2, 0) is 6.42 Å². The van der Waals surface area contributed by atoms with Crippen molar-refractivity contribution in [1.82, 2.24) is 20.0 Å². The van der Waals surface area contributed by atoms with E-state index in [4.69, 9.17) is 4.52 Å². The van der Waals surface area contributed by atoms with Crippen molar-refractivity contribution in [1.29, 1.82) is 0 Å². The number of phenolic OH excluding ortho intramolecular Hbond substituents is 1. The number of carbonyl (C=O) groups excluding carboxylic acids is 1. The fraction of sp³-hybridized carbons (Fsp3) is 0.333. The van der Waals surface area contributed by atoms with Gasteiger partial charge in [0.1, 0.15) is 11.5 Å². The smallest absolute Gasteiger partial charge is 0.253 e. The summed E-state index contributed by atoms with van der Waals surface area (Å²) in [5, 5.41) is 13.3. The number of phenols is 1. The maximum atomic E-state index is 12.6. The summed E-state index contributed by atoms with van der Waals surface area (Å²) in [5.41, 5.74) is 3.97. The van der Waals surface area contributed by atoms with Gasteiger partial charge >= 0.3 is 0 Å². The number of carbonyl (C=O) groups is 1. The molecule has 2 aromatic heterocycles. The molecular weight excluding hydrogens is 356 g/mol. The summed E-state index contributed by atoms with van der Waals surface area (Å²) in [4.78, 5) is 23.5. The minimum atomic E-state index is 0.00217. The van der Waals surface area contributed by atoms with E-state index in [1.165, 1.54) is 12.1 Å². The van der Waals surface area contributed by atoms with Crippen molar-refractivity contribution in [2.75, 3.05) is 13.1 Å². The summed E-state index contributed by atoms with van der Waals surface area (Å²) in [6.07, 6.45) is 5.28. The van der Waals surface area contributed by atoms with Gasteiger partial charge in [0, 0.05) is 24.8 Å². The number of likely N-dealkylation sites (tertiary alicyclic amines) is 1. The monoisotopic (exact) mass is 378 g/mol. The highest BCUT2D eigenvalue weighted by Gasteiger charge is 2.27. The van der Waals surface area contributed by atoms with Crippen LogP contribution < -0.4 is 0 Å². The fourth-order valence-electron chi connectivity index (χ4n) is 3.70. The number of nitrogens with zero attached hydrogens (tertiary/aromatic N) is 4. The van der Waals surface area contributed by atoms with Gasteiger partial charge < -0.3 is 14.5 Å². The topological polar surface area (TPSA) is 92.4 Å². The summed E-state index contributed by atoms with van der Waals surface area (Å²) >= 11 is 0. The molecule has 0 aliphatic carbocycles. The zero-order valence-electron chi connectivity index (χ0n) is 15.9. The molecule has 144 valence electrons. The summed E-state index contributed by atoms with van der Waals surface area (Å²) in [6.45, 7) is 5.19. The Morgan fingerprint density at radius 1 is 1.21 bits per heavy atom. The molecule has 7 nitrogen and oxygen atoms in total. The van der Waals surface area contributed by atoms with Gasteiger partial charge in [0.2, 0.25) is 0 Å². The number of aryl methyl sites for hydroxylation is 2. The Hall–Kier alpha value is -3.22. The van der Waals surface area contributed by atoms with Crippen molar-refractivity contribution in [2.45, 2.75) is 26.7 Å². The molecule has 0 saturated carbocycles. The van der Waals surface area contributed by atoms with Crippen LogP contribution in [0.3, 0.4) is 0 Å². The molecule has 3 aromatic rings. The second kappa shape index (κ2) is 7.42. The number of aromatic nitrogens is 3. The van der Waals surface area contributed by atoms with Gasteiger partial charge in [0.25, 0.3) is 5.91 Å². The molecule has 1 saturated heterocycles. The predicted octanol–water partition coefficient (Wildman–Crippen LogP) is 3.16. The molecule has 28 heavy (non-hydrogen) atoms. The third kappa shape index (κ3) is 3.60. The summed E-state index contributed by atoms with van der Waals surface area (Å²) in [6, 6.07) is 6.39. The van der Waals surface area contributed by atoms with Crippen LogP contribution in [0.15, 0.2) is 41.2 Å². The van der Waals surface area contributed by atoms with E-state index in [-0.39, 0.29) is 11.7 Å². The lowest BCUT2D eigenvalue weighted by molar-refractivity contribution is 0.0787. The molecule has 3 heterocycles. The maximum absolute atomic E-state index is 12.6. The molecule has 1 fully saturated rings. The van der Waals surface area contributed by atoms with Crippen LogP contribution in [-0.4, -0.2) is 44.1 Å². The molecule has 1 aromatic carbocycles. The molecule has 0 radical (unpaired) electrons. The van der Waals surface area contributed by atoms with Gasteiger partial charge in [-0.15, -0.1) is 0 Å². The molecule has 1 atom stereocenters. The van der Waals surface area contributed by atoms with E-state index in [9.17, 15) is 9.90 Å². The van der Waals surface area contributed by atoms with Crippen LogP contribution >= 0.6 is 0 Å². The van der Waals surface area contributed by atoms with E-state index in [1.807, 2.05) is 18.7 Å². The van der Waals surface area contributed by atoms with E-state index >= 15 is 0 Å². The second-order valence-electron chi connectivity index (χ2n) is 7.25. The standard InChI is InChI=1S/C21H22N4O3/c1-13-20(14(2)28-24-13)19-11-22-17(10-23-19)9-15-7-8-25(12-15)21(27)16-3-5-18(26)6-4-16/h3-6,10-11,15,26H,7-9,12H2,1-2H3. The van der Waals surface area contributed by atoms with E-state index < -0.39 is 0 Å². The van der Waals surface area contributed by atoms with Gasteiger partial charge in [-0.1, -0.05) is 5.16 Å².